The summed E-state index contributed by atoms with van der Waals surface area (Å²) in [7, 11) is -1.90. The van der Waals surface area contributed by atoms with Crippen LogP contribution in [0.1, 0.15) is 19.8 Å². The number of hydrogen-bond donors (Lipinski definition) is 0. The fraction of sp³-hybridized carbons (Fsp3) is 0.571. The molecule has 0 saturated carbocycles. The van der Waals surface area contributed by atoms with Gasteiger partial charge in [0.05, 0.1) is 6.54 Å². The average Bonchev–Trinajstić information content (AvgIpc) is 3.12. The van der Waals surface area contributed by atoms with Gasteiger partial charge in [0, 0.05) is 32.7 Å². The minimum Gasteiger partial charge on any atom is -0.471 e. The van der Waals surface area contributed by atoms with E-state index in [-0.39, 0.29) is 23.0 Å². The topological polar surface area (TPSA) is 107 Å². The highest BCUT2D eigenvalue weighted by Gasteiger charge is 2.28. The van der Waals surface area contributed by atoms with E-state index in [1.54, 1.807) is 11.9 Å². The summed E-state index contributed by atoms with van der Waals surface area (Å²) >= 11 is 0. The van der Waals surface area contributed by atoms with Crippen LogP contribution in [0.3, 0.4) is 0 Å². The van der Waals surface area contributed by atoms with E-state index in [2.05, 4.69) is 15.0 Å². The molecule has 1 aliphatic heterocycles. The normalized spacial score (nSPS) is 18.3. The van der Waals surface area contributed by atoms with E-state index in [1.165, 1.54) is 10.9 Å². The molecule has 2 aromatic heterocycles. The third kappa shape index (κ3) is 2.93. The first-order valence-corrected chi connectivity index (χ1v) is 9.52. The van der Waals surface area contributed by atoms with Gasteiger partial charge in [0.25, 0.3) is 0 Å². The van der Waals surface area contributed by atoms with Gasteiger partial charge >= 0.3 is 0 Å². The van der Waals surface area contributed by atoms with Gasteiger partial charge in [0.1, 0.15) is 12.4 Å². The van der Waals surface area contributed by atoms with E-state index in [0.717, 1.165) is 6.26 Å². The van der Waals surface area contributed by atoms with E-state index in [0.29, 0.717) is 37.1 Å². The largest absolute Gasteiger partial charge is 0.471 e. The summed E-state index contributed by atoms with van der Waals surface area (Å²) in [4.78, 5) is 25.8. The molecule has 1 amide bonds. The summed E-state index contributed by atoms with van der Waals surface area (Å²) in [6, 6.07) is 0. The number of nitrogens with zero attached hydrogens (tertiary/aromatic N) is 5. The number of fused-ring (bicyclic) bond motifs is 1. The Labute approximate surface area is 139 Å². The zero-order valence-corrected chi connectivity index (χ0v) is 14.6. The number of carbonyl (C=O) groups excluding carboxylic acids is 1. The van der Waals surface area contributed by atoms with Crippen LogP contribution < -0.4 is 4.74 Å². The first kappa shape index (κ1) is 16.6. The smallest absolute Gasteiger partial charge is 0.245 e. The number of hydrogen-bond acceptors (Lipinski definition) is 7. The fourth-order valence-corrected chi connectivity index (χ4v) is 3.65. The molecule has 0 unspecified atom stereocenters. The SMILES string of the molecule is CCC(=O)N1CC[C@H](Oc2ncnc3c2nc(S(C)(=O)=O)n3C)C1. The van der Waals surface area contributed by atoms with Crippen molar-refractivity contribution in [1.29, 1.82) is 0 Å². The summed E-state index contributed by atoms with van der Waals surface area (Å²) in [6.45, 7) is 2.96. The molecular weight excluding hydrogens is 334 g/mol. The molecule has 1 aliphatic rings. The summed E-state index contributed by atoms with van der Waals surface area (Å²) < 4.78 is 30.9. The lowest BCUT2D eigenvalue weighted by Gasteiger charge is -2.16. The molecule has 0 bridgehead atoms. The lowest BCUT2D eigenvalue weighted by Crippen LogP contribution is -2.30. The van der Waals surface area contributed by atoms with Gasteiger partial charge in [-0.05, 0) is 0 Å². The molecule has 1 fully saturated rings. The average molecular weight is 353 g/mol. The number of ether oxygens (including phenoxy) is 1. The van der Waals surface area contributed by atoms with Gasteiger partial charge in [0.15, 0.2) is 11.2 Å². The van der Waals surface area contributed by atoms with Crippen molar-refractivity contribution in [3.8, 4) is 5.88 Å². The van der Waals surface area contributed by atoms with E-state index in [4.69, 9.17) is 4.74 Å². The Morgan fingerprint density at radius 3 is 2.83 bits per heavy atom. The number of imidazole rings is 1. The second-order valence-corrected chi connectivity index (χ2v) is 7.71. The molecule has 3 rings (SSSR count). The van der Waals surface area contributed by atoms with Crippen LogP contribution >= 0.6 is 0 Å². The highest BCUT2D eigenvalue weighted by Crippen LogP contribution is 2.25. The molecule has 0 aliphatic carbocycles. The zero-order valence-electron chi connectivity index (χ0n) is 13.8. The minimum absolute atomic E-state index is 0.0861. The van der Waals surface area contributed by atoms with Gasteiger partial charge in [-0.3, -0.25) is 4.79 Å². The second-order valence-electron chi connectivity index (χ2n) is 5.80. The van der Waals surface area contributed by atoms with Crippen LogP contribution in [-0.4, -0.2) is 64.2 Å². The Hall–Kier alpha value is -2.23. The quantitative estimate of drug-likeness (QED) is 0.770. The molecule has 1 atom stereocenters. The van der Waals surface area contributed by atoms with Crippen LogP contribution in [0.5, 0.6) is 5.88 Å². The number of rotatable bonds is 4. The predicted molar refractivity (Wildman–Crippen MR) is 85.3 cm³/mol. The molecule has 2 aromatic rings. The van der Waals surface area contributed by atoms with Crippen molar-refractivity contribution in [1.82, 2.24) is 24.4 Å². The van der Waals surface area contributed by atoms with Crippen molar-refractivity contribution < 1.29 is 17.9 Å². The number of likely N-dealkylation sites (tertiary alicyclic amines) is 1. The molecule has 0 radical (unpaired) electrons. The van der Waals surface area contributed by atoms with Gasteiger partial charge < -0.3 is 14.2 Å². The number of sulfone groups is 1. The Morgan fingerprint density at radius 1 is 1.42 bits per heavy atom. The molecule has 9 nitrogen and oxygen atoms in total. The summed E-state index contributed by atoms with van der Waals surface area (Å²) in [5.41, 5.74) is 0.695. The molecule has 130 valence electrons. The standard InChI is InChI=1S/C14H19N5O4S/c1-4-10(20)19-6-5-9(7-19)23-13-11-12(15-8-16-13)18(2)14(17-11)24(3,21)22/h8-9H,4-7H2,1-3H3/t9-/m0/s1. The highest BCUT2D eigenvalue weighted by molar-refractivity contribution is 7.90. The number of carbonyl (C=O) groups is 1. The Balaban J connectivity index is 1.90. The van der Waals surface area contributed by atoms with Gasteiger partial charge in [-0.15, -0.1) is 0 Å². The molecule has 24 heavy (non-hydrogen) atoms. The van der Waals surface area contributed by atoms with Crippen molar-refractivity contribution in [2.75, 3.05) is 19.3 Å². The van der Waals surface area contributed by atoms with Crippen molar-refractivity contribution in [3.63, 3.8) is 0 Å². The second kappa shape index (κ2) is 6.00. The van der Waals surface area contributed by atoms with Gasteiger partial charge in [-0.2, -0.15) is 4.98 Å². The summed E-state index contributed by atoms with van der Waals surface area (Å²) in [6.07, 6.45) is 3.37. The third-order valence-corrected chi connectivity index (χ3v) is 5.02. The van der Waals surface area contributed by atoms with Crippen LogP contribution in [0.15, 0.2) is 11.5 Å². The molecular formula is C14H19N5O4S. The number of aryl methyl sites for hydroxylation is 1. The van der Waals surface area contributed by atoms with Crippen LogP contribution in [0.2, 0.25) is 0 Å². The summed E-state index contributed by atoms with van der Waals surface area (Å²) in [5, 5.41) is -0.0861. The number of aromatic nitrogens is 4. The lowest BCUT2D eigenvalue weighted by molar-refractivity contribution is -0.130. The summed E-state index contributed by atoms with van der Waals surface area (Å²) in [5.74, 6) is 0.326. The molecule has 0 spiro atoms. The van der Waals surface area contributed by atoms with E-state index >= 15 is 0 Å². The minimum atomic E-state index is -3.49. The molecule has 10 heteroatoms. The zero-order chi connectivity index (χ0) is 17.5. The Bertz CT molecular complexity index is 892. The van der Waals surface area contributed by atoms with Gasteiger partial charge in [-0.1, -0.05) is 6.92 Å². The van der Waals surface area contributed by atoms with Crippen molar-refractivity contribution in [2.45, 2.75) is 31.0 Å². The highest BCUT2D eigenvalue weighted by atomic mass is 32.2. The van der Waals surface area contributed by atoms with Crippen LogP contribution in [-0.2, 0) is 21.7 Å². The van der Waals surface area contributed by atoms with Crippen LogP contribution in [0, 0.1) is 0 Å². The molecule has 0 aromatic carbocycles. The van der Waals surface area contributed by atoms with Gasteiger partial charge in [0.2, 0.25) is 26.8 Å². The maximum absolute atomic E-state index is 11.8. The number of amides is 1. The fourth-order valence-electron chi connectivity index (χ4n) is 2.81. The van der Waals surface area contributed by atoms with Gasteiger partial charge in [-0.25, -0.2) is 18.4 Å². The predicted octanol–water partition coefficient (Wildman–Crippen LogP) is 0.156. The Kier molecular flexibility index (Phi) is 4.16. The monoisotopic (exact) mass is 353 g/mol. The van der Waals surface area contributed by atoms with E-state index in [1.807, 2.05) is 6.92 Å². The van der Waals surface area contributed by atoms with Crippen molar-refractivity contribution in [2.24, 2.45) is 7.05 Å². The Morgan fingerprint density at radius 2 is 2.17 bits per heavy atom. The molecule has 3 heterocycles. The van der Waals surface area contributed by atoms with Crippen LogP contribution in [0.25, 0.3) is 11.2 Å². The first-order chi connectivity index (χ1) is 11.3. The molecule has 0 N–H and O–H groups in total. The molecule has 1 saturated heterocycles. The van der Waals surface area contributed by atoms with Crippen molar-refractivity contribution >= 4 is 26.9 Å². The maximum Gasteiger partial charge on any atom is 0.245 e. The first-order valence-electron chi connectivity index (χ1n) is 7.63. The lowest BCUT2D eigenvalue weighted by atomic mass is 10.3. The van der Waals surface area contributed by atoms with E-state index < -0.39 is 9.84 Å². The van der Waals surface area contributed by atoms with Crippen LogP contribution in [0.4, 0.5) is 0 Å². The van der Waals surface area contributed by atoms with Crippen molar-refractivity contribution in [3.05, 3.63) is 6.33 Å². The maximum atomic E-state index is 11.8. The van der Waals surface area contributed by atoms with E-state index in [9.17, 15) is 13.2 Å². The third-order valence-electron chi connectivity index (χ3n) is 3.99.